The predicted octanol–water partition coefficient (Wildman–Crippen LogP) is 3.88. The number of amides is 2. The van der Waals surface area contributed by atoms with Crippen LogP contribution in [0.3, 0.4) is 0 Å². The van der Waals surface area contributed by atoms with Crippen LogP contribution in [0.4, 0.5) is 11.4 Å². The number of anilines is 2. The number of hydrogen-bond donors (Lipinski definition) is 1. The van der Waals surface area contributed by atoms with E-state index in [1.165, 1.54) is 0 Å². The highest BCUT2D eigenvalue weighted by atomic mass is 16.2. The Bertz CT molecular complexity index is 706. The molecular formula is C22H33N3O2. The predicted molar refractivity (Wildman–Crippen MR) is 110 cm³/mol. The second-order valence-corrected chi connectivity index (χ2v) is 8.73. The fraction of sp³-hybridized carbons (Fsp3) is 0.636. The first kappa shape index (κ1) is 19.7. The Labute approximate surface area is 163 Å². The standard InChI is InChI=1S/C22H33N3O2/c1-14(2)15(3)25(22(27)17-8-9-17)13-18-12-19(10-11-20(18)24(4)5)23-21(26)16-6-7-16/h10-12,14-17H,6-9,13H2,1-5H3,(H,23,26)/t15-/m0/s1. The molecule has 0 bridgehead atoms. The first-order valence-corrected chi connectivity index (χ1v) is 10.2. The fourth-order valence-electron chi connectivity index (χ4n) is 3.35. The zero-order valence-electron chi connectivity index (χ0n) is 17.3. The summed E-state index contributed by atoms with van der Waals surface area (Å²) in [7, 11) is 4.03. The van der Waals surface area contributed by atoms with Crippen LogP contribution in [-0.4, -0.2) is 36.9 Å². The summed E-state index contributed by atoms with van der Waals surface area (Å²) in [6.07, 6.45) is 4.00. The highest BCUT2D eigenvalue weighted by Crippen LogP contribution is 2.35. The van der Waals surface area contributed by atoms with E-state index in [1.54, 1.807) is 0 Å². The highest BCUT2D eigenvalue weighted by molar-refractivity contribution is 5.94. The Balaban J connectivity index is 1.85. The van der Waals surface area contributed by atoms with Crippen LogP contribution in [0, 0.1) is 17.8 Å². The fourth-order valence-corrected chi connectivity index (χ4v) is 3.35. The summed E-state index contributed by atoms with van der Waals surface area (Å²) in [5, 5.41) is 3.04. The molecule has 0 spiro atoms. The normalized spacial score (nSPS) is 17.6. The lowest BCUT2D eigenvalue weighted by molar-refractivity contribution is -0.136. The number of benzene rings is 1. The Hall–Kier alpha value is -2.04. The summed E-state index contributed by atoms with van der Waals surface area (Å²) >= 11 is 0. The first-order chi connectivity index (χ1) is 12.8. The molecule has 0 saturated heterocycles. The van der Waals surface area contributed by atoms with Gasteiger partial charge in [-0.3, -0.25) is 9.59 Å². The molecule has 148 valence electrons. The molecule has 1 aromatic carbocycles. The smallest absolute Gasteiger partial charge is 0.227 e. The van der Waals surface area contributed by atoms with Gasteiger partial charge in [0, 0.05) is 49.9 Å². The van der Waals surface area contributed by atoms with Crippen LogP contribution in [-0.2, 0) is 16.1 Å². The third-order valence-electron chi connectivity index (χ3n) is 5.78. The molecule has 5 heteroatoms. The summed E-state index contributed by atoms with van der Waals surface area (Å²) in [5.74, 6) is 1.16. The third kappa shape index (κ3) is 4.82. The highest BCUT2D eigenvalue weighted by Gasteiger charge is 2.36. The number of nitrogens with zero attached hydrogens (tertiary/aromatic N) is 2. The number of hydrogen-bond acceptors (Lipinski definition) is 3. The van der Waals surface area contributed by atoms with Gasteiger partial charge in [-0.1, -0.05) is 13.8 Å². The minimum absolute atomic E-state index is 0.111. The summed E-state index contributed by atoms with van der Waals surface area (Å²) in [6.45, 7) is 7.04. The van der Waals surface area contributed by atoms with Gasteiger partial charge >= 0.3 is 0 Å². The Morgan fingerprint density at radius 3 is 2.22 bits per heavy atom. The van der Waals surface area contributed by atoms with Crippen molar-refractivity contribution in [2.75, 3.05) is 24.3 Å². The van der Waals surface area contributed by atoms with E-state index >= 15 is 0 Å². The number of rotatable bonds is 8. The van der Waals surface area contributed by atoms with Gasteiger partial charge in [0.2, 0.25) is 11.8 Å². The topological polar surface area (TPSA) is 52.7 Å². The summed E-state index contributed by atoms with van der Waals surface area (Å²) in [6, 6.07) is 6.21. The molecule has 0 unspecified atom stereocenters. The molecule has 0 aromatic heterocycles. The van der Waals surface area contributed by atoms with Crippen molar-refractivity contribution in [1.29, 1.82) is 0 Å². The summed E-state index contributed by atoms with van der Waals surface area (Å²) < 4.78 is 0. The number of carbonyl (C=O) groups excluding carboxylic acids is 2. The first-order valence-electron chi connectivity index (χ1n) is 10.2. The largest absolute Gasteiger partial charge is 0.377 e. The van der Waals surface area contributed by atoms with E-state index in [0.29, 0.717) is 12.5 Å². The van der Waals surface area contributed by atoms with Crippen molar-refractivity contribution in [3.8, 4) is 0 Å². The van der Waals surface area contributed by atoms with Gasteiger partial charge in [0.15, 0.2) is 0 Å². The van der Waals surface area contributed by atoms with E-state index in [1.807, 2.05) is 37.2 Å². The second-order valence-electron chi connectivity index (χ2n) is 8.73. The lowest BCUT2D eigenvalue weighted by Gasteiger charge is -2.33. The van der Waals surface area contributed by atoms with Gasteiger partial charge in [0.25, 0.3) is 0 Å². The van der Waals surface area contributed by atoms with Gasteiger partial charge in [0.05, 0.1) is 0 Å². The molecule has 2 saturated carbocycles. The molecule has 5 nitrogen and oxygen atoms in total. The average Bonchev–Trinajstić information content (AvgIpc) is 3.49. The maximum Gasteiger partial charge on any atom is 0.227 e. The van der Waals surface area contributed by atoms with Crippen molar-refractivity contribution in [2.24, 2.45) is 17.8 Å². The van der Waals surface area contributed by atoms with Crippen molar-refractivity contribution in [3.63, 3.8) is 0 Å². The van der Waals surface area contributed by atoms with Crippen LogP contribution in [0.15, 0.2) is 18.2 Å². The Morgan fingerprint density at radius 2 is 1.70 bits per heavy atom. The SMILES string of the molecule is CC(C)[C@H](C)N(Cc1cc(NC(=O)C2CC2)ccc1N(C)C)C(=O)C1CC1. The molecule has 3 rings (SSSR count). The van der Waals surface area contributed by atoms with Crippen LogP contribution < -0.4 is 10.2 Å². The lowest BCUT2D eigenvalue weighted by Crippen LogP contribution is -2.42. The van der Waals surface area contributed by atoms with E-state index in [4.69, 9.17) is 0 Å². The Morgan fingerprint density at radius 1 is 1.07 bits per heavy atom. The minimum Gasteiger partial charge on any atom is -0.377 e. The summed E-state index contributed by atoms with van der Waals surface area (Å²) in [5.41, 5.74) is 2.99. The molecule has 1 aromatic rings. The monoisotopic (exact) mass is 371 g/mol. The maximum atomic E-state index is 12.9. The van der Waals surface area contributed by atoms with E-state index in [9.17, 15) is 9.59 Å². The lowest BCUT2D eigenvalue weighted by atomic mass is 10.0. The Kier molecular flexibility index (Phi) is 5.78. The molecular weight excluding hydrogens is 338 g/mol. The van der Waals surface area contributed by atoms with E-state index in [0.717, 1.165) is 42.6 Å². The van der Waals surface area contributed by atoms with Gasteiger partial charge in [-0.05, 0) is 62.3 Å². The van der Waals surface area contributed by atoms with Gasteiger partial charge in [0.1, 0.15) is 0 Å². The molecule has 1 atom stereocenters. The molecule has 0 radical (unpaired) electrons. The zero-order valence-corrected chi connectivity index (χ0v) is 17.3. The van der Waals surface area contributed by atoms with Crippen LogP contribution in [0.2, 0.25) is 0 Å². The quantitative estimate of drug-likeness (QED) is 0.754. The van der Waals surface area contributed by atoms with Crippen molar-refractivity contribution in [2.45, 2.75) is 59.0 Å². The molecule has 2 aliphatic rings. The van der Waals surface area contributed by atoms with E-state index < -0.39 is 0 Å². The molecule has 0 aliphatic heterocycles. The number of nitrogens with one attached hydrogen (secondary N) is 1. The van der Waals surface area contributed by atoms with E-state index in [-0.39, 0.29) is 29.7 Å². The van der Waals surface area contributed by atoms with Gasteiger partial charge in [-0.25, -0.2) is 0 Å². The zero-order chi connectivity index (χ0) is 19.7. The van der Waals surface area contributed by atoms with Crippen molar-refractivity contribution in [1.82, 2.24) is 4.90 Å². The van der Waals surface area contributed by atoms with Crippen molar-refractivity contribution in [3.05, 3.63) is 23.8 Å². The van der Waals surface area contributed by atoms with Gasteiger partial charge in [-0.2, -0.15) is 0 Å². The molecule has 27 heavy (non-hydrogen) atoms. The number of carbonyl (C=O) groups is 2. The van der Waals surface area contributed by atoms with Crippen molar-refractivity contribution < 1.29 is 9.59 Å². The summed E-state index contributed by atoms with van der Waals surface area (Å²) in [4.78, 5) is 29.2. The minimum atomic E-state index is 0.111. The molecule has 0 heterocycles. The maximum absolute atomic E-state index is 12.9. The van der Waals surface area contributed by atoms with Crippen LogP contribution in [0.25, 0.3) is 0 Å². The van der Waals surface area contributed by atoms with Crippen molar-refractivity contribution >= 4 is 23.2 Å². The van der Waals surface area contributed by atoms with E-state index in [2.05, 4.69) is 31.0 Å². The molecule has 2 fully saturated rings. The van der Waals surface area contributed by atoms with Crippen LogP contribution in [0.5, 0.6) is 0 Å². The van der Waals surface area contributed by atoms with Gasteiger partial charge in [-0.15, -0.1) is 0 Å². The van der Waals surface area contributed by atoms with Crippen LogP contribution in [0.1, 0.15) is 52.0 Å². The van der Waals surface area contributed by atoms with Crippen LogP contribution >= 0.6 is 0 Å². The molecule has 2 amide bonds. The average molecular weight is 372 g/mol. The van der Waals surface area contributed by atoms with Gasteiger partial charge < -0.3 is 15.1 Å². The second kappa shape index (κ2) is 7.91. The molecule has 2 aliphatic carbocycles. The third-order valence-corrected chi connectivity index (χ3v) is 5.78. The molecule has 1 N–H and O–H groups in total.